The largest absolute Gasteiger partial charge is 0.369 e. The highest BCUT2D eigenvalue weighted by atomic mass is 16.2. The highest BCUT2D eigenvalue weighted by Gasteiger charge is 2.53. The molecular formula is C16H30BN5O. The second-order valence-corrected chi connectivity index (χ2v) is 7.60. The van der Waals surface area contributed by atoms with Gasteiger partial charge in [-0.25, -0.2) is 5.43 Å². The molecule has 2 fully saturated rings. The predicted octanol–water partition coefficient (Wildman–Crippen LogP) is 1.25. The van der Waals surface area contributed by atoms with E-state index in [0.29, 0.717) is 0 Å². The first-order valence-corrected chi connectivity index (χ1v) is 8.59. The minimum atomic E-state index is -0.298. The Bertz CT molecular complexity index is 479. The Morgan fingerprint density at radius 1 is 1.00 bits per heavy atom. The number of hydrogen-bond acceptors (Lipinski definition) is 3. The predicted molar refractivity (Wildman–Crippen MR) is 97.4 cm³/mol. The van der Waals surface area contributed by atoms with Crippen LogP contribution < -0.4 is 5.43 Å². The second-order valence-electron chi connectivity index (χ2n) is 7.60. The van der Waals surface area contributed by atoms with Crippen molar-refractivity contribution in [2.24, 2.45) is 10.1 Å². The van der Waals surface area contributed by atoms with Crippen LogP contribution in [0.15, 0.2) is 10.1 Å². The Labute approximate surface area is 140 Å². The molecule has 2 saturated heterocycles. The summed E-state index contributed by atoms with van der Waals surface area (Å²) in [5.74, 6) is 0.0689. The van der Waals surface area contributed by atoms with Crippen LogP contribution in [-0.2, 0) is 4.79 Å². The van der Waals surface area contributed by atoms with E-state index in [1.165, 1.54) is 12.8 Å². The molecule has 2 aliphatic rings. The number of nitrogens with one attached hydrogen (secondary N) is 1. The van der Waals surface area contributed by atoms with Crippen LogP contribution in [-0.4, -0.2) is 69.3 Å². The van der Waals surface area contributed by atoms with Crippen molar-refractivity contribution in [1.82, 2.24) is 15.2 Å². The van der Waals surface area contributed by atoms with Crippen molar-refractivity contribution in [3.63, 3.8) is 0 Å². The molecule has 128 valence electrons. The van der Waals surface area contributed by atoms with Crippen molar-refractivity contribution < 1.29 is 4.79 Å². The summed E-state index contributed by atoms with van der Waals surface area (Å²) in [6, 6.07) is 0. The molecule has 0 aromatic carbocycles. The average Bonchev–Trinajstić information content (AvgIpc) is 2.86. The summed E-state index contributed by atoms with van der Waals surface area (Å²) >= 11 is 0. The highest BCUT2D eigenvalue weighted by Crippen LogP contribution is 2.52. The molecule has 2 rings (SSSR count). The zero-order valence-corrected chi connectivity index (χ0v) is 15.0. The lowest BCUT2D eigenvalue weighted by molar-refractivity contribution is -0.124. The van der Waals surface area contributed by atoms with Crippen molar-refractivity contribution in [3.05, 3.63) is 0 Å². The summed E-state index contributed by atoms with van der Waals surface area (Å²) in [5.41, 5.74) is 2.70. The first-order valence-electron chi connectivity index (χ1n) is 8.59. The van der Waals surface area contributed by atoms with Gasteiger partial charge in [-0.05, 0) is 25.7 Å². The van der Waals surface area contributed by atoms with Gasteiger partial charge in [0.25, 0.3) is 0 Å². The number of carbonyl (C=O) groups is 1. The third-order valence-corrected chi connectivity index (χ3v) is 5.03. The van der Waals surface area contributed by atoms with Gasteiger partial charge < -0.3 is 9.80 Å². The fourth-order valence-corrected chi connectivity index (χ4v) is 3.84. The fraction of sp³-hybridized carbons (Fsp3) is 0.812. The summed E-state index contributed by atoms with van der Waals surface area (Å²) in [6.07, 6.45) is 11.0. The molecule has 0 aromatic heterocycles. The van der Waals surface area contributed by atoms with Crippen LogP contribution in [0.25, 0.3) is 0 Å². The molecule has 2 bridgehead atoms. The minimum absolute atomic E-state index is 0.0622. The van der Waals surface area contributed by atoms with Gasteiger partial charge in [0.15, 0.2) is 7.28 Å². The molecule has 0 aliphatic carbocycles. The van der Waals surface area contributed by atoms with E-state index in [1.54, 1.807) is 6.34 Å². The van der Waals surface area contributed by atoms with Gasteiger partial charge in [-0.3, -0.25) is 9.79 Å². The van der Waals surface area contributed by atoms with E-state index >= 15 is 0 Å². The number of hydrazone groups is 1. The lowest BCUT2D eigenvalue weighted by Crippen LogP contribution is -2.42. The summed E-state index contributed by atoms with van der Waals surface area (Å²) in [4.78, 5) is 21.5. The molecule has 2 heterocycles. The van der Waals surface area contributed by atoms with E-state index in [-0.39, 0.29) is 16.7 Å². The van der Waals surface area contributed by atoms with Crippen LogP contribution in [0.2, 0.25) is 5.31 Å². The monoisotopic (exact) mass is 319 g/mol. The van der Waals surface area contributed by atoms with Crippen molar-refractivity contribution >= 4 is 25.9 Å². The summed E-state index contributed by atoms with van der Waals surface area (Å²) in [5, 5.41) is 3.77. The normalized spacial score (nSPS) is 30.8. The third-order valence-electron chi connectivity index (χ3n) is 5.03. The smallest absolute Gasteiger partial charge is 0.238 e. The number of aliphatic imine (C=N–C) groups is 1. The lowest BCUT2D eigenvalue weighted by Gasteiger charge is -2.32. The van der Waals surface area contributed by atoms with E-state index < -0.39 is 0 Å². The van der Waals surface area contributed by atoms with E-state index in [0.717, 1.165) is 39.4 Å². The van der Waals surface area contributed by atoms with Crippen LogP contribution in [0.4, 0.5) is 0 Å². The van der Waals surface area contributed by atoms with Crippen LogP contribution in [0.3, 0.4) is 0 Å². The summed E-state index contributed by atoms with van der Waals surface area (Å²) in [7, 11) is 8.62. The number of amides is 1. The van der Waals surface area contributed by atoms with Crippen molar-refractivity contribution in [2.45, 2.75) is 55.7 Å². The SMILES string of the molecule is CN(C)/C=N/NC(=O)C12BC(/N=C/N(C)C)(CCCCC1)CC2. The first kappa shape index (κ1) is 17.8. The molecule has 0 aromatic rings. The quantitative estimate of drug-likeness (QED) is 0.359. The Hall–Kier alpha value is -1.53. The standard InChI is InChI=1S/C16H30BN5O/c1-21(2)12-18-16-9-7-5-6-8-15(17-16,10-11-16)14(23)20-19-13-22(3)4/h12-13,17H,5-11H2,1-4H3,(H,20,23)/b18-12+,19-13+. The van der Waals surface area contributed by atoms with Crippen molar-refractivity contribution in [3.8, 4) is 0 Å². The number of nitrogens with zero attached hydrogens (tertiary/aromatic N) is 4. The van der Waals surface area contributed by atoms with Gasteiger partial charge in [0.05, 0.1) is 6.34 Å². The van der Waals surface area contributed by atoms with Gasteiger partial charge in [0.2, 0.25) is 5.91 Å². The molecule has 0 radical (unpaired) electrons. The molecule has 6 nitrogen and oxygen atoms in total. The second kappa shape index (κ2) is 7.36. The third kappa shape index (κ3) is 4.48. The summed E-state index contributed by atoms with van der Waals surface area (Å²) in [6.45, 7) is 0. The minimum Gasteiger partial charge on any atom is -0.369 e. The Kier molecular flexibility index (Phi) is 5.71. The molecule has 2 atom stereocenters. The van der Waals surface area contributed by atoms with E-state index in [1.807, 2.05) is 44.3 Å². The Morgan fingerprint density at radius 2 is 1.70 bits per heavy atom. The van der Waals surface area contributed by atoms with Gasteiger partial charge in [-0.2, -0.15) is 5.10 Å². The maximum Gasteiger partial charge on any atom is 0.238 e. The topological polar surface area (TPSA) is 60.3 Å². The Balaban J connectivity index is 2.15. The molecule has 2 unspecified atom stereocenters. The number of carbonyl (C=O) groups excluding carboxylic acids is 1. The number of hydrogen-bond donors (Lipinski definition) is 1. The molecule has 23 heavy (non-hydrogen) atoms. The van der Waals surface area contributed by atoms with Crippen LogP contribution in [0.5, 0.6) is 0 Å². The van der Waals surface area contributed by atoms with Gasteiger partial charge in [-0.1, -0.05) is 19.3 Å². The molecule has 1 N–H and O–H groups in total. The van der Waals surface area contributed by atoms with Crippen LogP contribution in [0.1, 0.15) is 44.9 Å². The molecule has 0 saturated carbocycles. The average molecular weight is 319 g/mol. The summed E-state index contributed by atoms with van der Waals surface area (Å²) < 4.78 is 0. The fourth-order valence-electron chi connectivity index (χ4n) is 3.84. The molecule has 1 amide bonds. The van der Waals surface area contributed by atoms with E-state index in [2.05, 4.69) is 10.5 Å². The maximum absolute atomic E-state index is 12.8. The van der Waals surface area contributed by atoms with Crippen LogP contribution in [0, 0.1) is 0 Å². The zero-order valence-electron chi connectivity index (χ0n) is 15.0. The molecule has 0 spiro atoms. The van der Waals surface area contributed by atoms with Crippen molar-refractivity contribution in [1.29, 1.82) is 0 Å². The maximum atomic E-state index is 12.8. The first-order chi connectivity index (χ1) is 10.9. The van der Waals surface area contributed by atoms with Gasteiger partial charge in [0.1, 0.15) is 6.34 Å². The van der Waals surface area contributed by atoms with Gasteiger partial charge >= 0.3 is 0 Å². The van der Waals surface area contributed by atoms with Crippen LogP contribution >= 0.6 is 0 Å². The molecule has 7 heteroatoms. The zero-order chi connectivity index (χ0) is 16.9. The Morgan fingerprint density at radius 3 is 2.39 bits per heavy atom. The number of fused-ring (bicyclic) bond motifs is 2. The number of rotatable bonds is 5. The van der Waals surface area contributed by atoms with Gasteiger partial charge in [-0.15, -0.1) is 0 Å². The van der Waals surface area contributed by atoms with E-state index in [4.69, 9.17) is 4.99 Å². The highest BCUT2D eigenvalue weighted by molar-refractivity contribution is 6.52. The molecular weight excluding hydrogens is 289 g/mol. The van der Waals surface area contributed by atoms with Gasteiger partial charge in [0, 0.05) is 38.9 Å². The lowest BCUT2D eigenvalue weighted by atomic mass is 9.44. The molecule has 2 aliphatic heterocycles. The van der Waals surface area contributed by atoms with Crippen molar-refractivity contribution in [2.75, 3.05) is 28.2 Å². The van der Waals surface area contributed by atoms with E-state index in [9.17, 15) is 4.79 Å².